The maximum Gasteiger partial charge on any atom is 0.408 e. The third-order valence-corrected chi connectivity index (χ3v) is 8.52. The first-order valence-electron chi connectivity index (χ1n) is 16.5. The minimum atomic E-state index is -1.56. The highest BCUT2D eigenvalue weighted by molar-refractivity contribution is 6.00. The van der Waals surface area contributed by atoms with Gasteiger partial charge in [-0.15, -0.1) is 0 Å². The smallest absolute Gasteiger partial charge is 0.408 e. The molecule has 1 aromatic carbocycles. The highest BCUT2D eigenvalue weighted by atomic mass is 16.6. The van der Waals surface area contributed by atoms with E-state index in [0.717, 1.165) is 5.56 Å². The summed E-state index contributed by atoms with van der Waals surface area (Å²) in [5.74, 6) is -4.12. The Morgan fingerprint density at radius 3 is 1.37 bits per heavy atom. The summed E-state index contributed by atoms with van der Waals surface area (Å²) >= 11 is 0. The molecule has 13 nitrogen and oxygen atoms in total. The molecule has 0 fully saturated rings. The third kappa shape index (κ3) is 11.7. The molecule has 0 spiro atoms. The van der Waals surface area contributed by atoms with Crippen molar-refractivity contribution in [2.45, 2.75) is 144 Å². The molecule has 5 amide bonds. The minimum absolute atomic E-state index is 0.00648. The Kier molecular flexibility index (Phi) is 13.6. The van der Waals surface area contributed by atoms with Crippen LogP contribution in [-0.4, -0.2) is 69.0 Å². The summed E-state index contributed by atoms with van der Waals surface area (Å²) in [6.07, 6.45) is -0.804. The zero-order valence-electron chi connectivity index (χ0n) is 32.0. The van der Waals surface area contributed by atoms with Crippen LogP contribution in [-0.2, 0) is 40.1 Å². The van der Waals surface area contributed by atoms with Crippen molar-refractivity contribution in [3.8, 4) is 0 Å². The number of carbonyl (C=O) groups is 6. The molecular formula is C36H59N5O8. The summed E-state index contributed by atoms with van der Waals surface area (Å²) in [6, 6.07) is 9.07. The van der Waals surface area contributed by atoms with Gasteiger partial charge in [0.2, 0.25) is 23.6 Å². The lowest BCUT2D eigenvalue weighted by molar-refractivity contribution is -0.163. The summed E-state index contributed by atoms with van der Waals surface area (Å²) in [6.45, 7) is 24.1. The fourth-order valence-corrected chi connectivity index (χ4v) is 4.13. The lowest BCUT2D eigenvalue weighted by atomic mass is 9.87. The molecule has 0 saturated heterocycles. The average Bonchev–Trinajstić information content (AvgIpc) is 2.94. The fraction of sp³-hybridized carbons (Fsp3) is 0.667. The Bertz CT molecular complexity index is 1380. The van der Waals surface area contributed by atoms with Crippen LogP contribution in [0.4, 0.5) is 4.79 Å². The fourth-order valence-electron chi connectivity index (χ4n) is 4.13. The van der Waals surface area contributed by atoms with Crippen LogP contribution in [0.1, 0.15) is 109 Å². The van der Waals surface area contributed by atoms with Crippen molar-refractivity contribution in [1.29, 1.82) is 0 Å². The van der Waals surface area contributed by atoms with E-state index < -0.39 is 80.8 Å². The van der Waals surface area contributed by atoms with Gasteiger partial charge in [0.15, 0.2) is 0 Å². The van der Waals surface area contributed by atoms with E-state index in [1.807, 2.05) is 18.2 Å². The van der Waals surface area contributed by atoms with Crippen LogP contribution in [0.15, 0.2) is 30.3 Å². The molecule has 0 unspecified atom stereocenters. The summed E-state index contributed by atoms with van der Waals surface area (Å²) < 4.78 is 10.8. The van der Waals surface area contributed by atoms with Gasteiger partial charge in [-0.05, 0) is 93.6 Å². The van der Waals surface area contributed by atoms with Crippen LogP contribution < -0.4 is 26.6 Å². The Morgan fingerprint density at radius 1 is 0.551 bits per heavy atom. The SMILES string of the molecule is CC(C)[C@@](C)([15NH]C(=O)C(C)(C)NC(=O)C(C)(C)N[13C](=O)[C@](C)(NC(=O)OCc1ccccc1)C(C)C)C(=O)NC(C)(C)C(=O)OC(C)(C)C. The summed E-state index contributed by atoms with van der Waals surface area (Å²) in [5, 5.41) is 13.5. The summed E-state index contributed by atoms with van der Waals surface area (Å²) in [5.41, 5.74) is -7.47. The van der Waals surface area contributed by atoms with Gasteiger partial charge in [0.05, 0.1) is 0 Å². The van der Waals surface area contributed by atoms with E-state index in [2.05, 4.69) is 26.6 Å². The number of rotatable bonds is 14. The molecule has 0 aliphatic rings. The third-order valence-electron chi connectivity index (χ3n) is 8.52. The molecule has 0 heterocycles. The number of carbonyl (C=O) groups excluding carboxylic acids is 6. The predicted molar refractivity (Wildman–Crippen MR) is 187 cm³/mol. The maximum absolute atomic E-state index is 13.6. The van der Waals surface area contributed by atoms with Crippen LogP contribution in [0.2, 0.25) is 0 Å². The molecule has 13 heteroatoms. The van der Waals surface area contributed by atoms with Crippen molar-refractivity contribution in [2.24, 2.45) is 11.8 Å². The second kappa shape index (κ2) is 15.6. The Hall–Kier alpha value is -4.16. The molecule has 1 aromatic rings. The Labute approximate surface area is 291 Å². The van der Waals surface area contributed by atoms with E-state index in [4.69, 9.17) is 9.47 Å². The normalized spacial score (nSPS) is 14.9. The van der Waals surface area contributed by atoms with Crippen molar-refractivity contribution in [3.63, 3.8) is 0 Å². The van der Waals surface area contributed by atoms with Crippen LogP contribution in [0.3, 0.4) is 0 Å². The van der Waals surface area contributed by atoms with Gasteiger partial charge < -0.3 is 36.1 Å². The minimum Gasteiger partial charge on any atom is -0.458 e. The number of nitrogens with one attached hydrogen (secondary N) is 5. The lowest BCUT2D eigenvalue weighted by Gasteiger charge is -2.40. The van der Waals surface area contributed by atoms with Crippen molar-refractivity contribution >= 4 is 35.7 Å². The second-order valence-electron chi connectivity index (χ2n) is 16.1. The maximum atomic E-state index is 13.6. The van der Waals surface area contributed by atoms with Crippen molar-refractivity contribution in [3.05, 3.63) is 35.9 Å². The number of alkyl carbamates (subject to hydrolysis) is 1. The van der Waals surface area contributed by atoms with E-state index in [1.165, 1.54) is 55.4 Å². The first-order chi connectivity index (χ1) is 22.0. The predicted octanol–water partition coefficient (Wildman–Crippen LogP) is 3.88. The highest BCUT2D eigenvalue weighted by Gasteiger charge is 2.47. The Balaban J connectivity index is 3.07. The van der Waals surface area contributed by atoms with E-state index >= 15 is 0 Å². The lowest BCUT2D eigenvalue weighted by Crippen LogP contribution is -2.70. The molecule has 5 N–H and O–H groups in total. The number of ether oxygens (including phenoxy) is 2. The molecule has 0 radical (unpaired) electrons. The van der Waals surface area contributed by atoms with Crippen LogP contribution in [0.5, 0.6) is 0 Å². The van der Waals surface area contributed by atoms with E-state index in [-0.39, 0.29) is 6.61 Å². The van der Waals surface area contributed by atoms with E-state index in [9.17, 15) is 28.8 Å². The first-order valence-corrected chi connectivity index (χ1v) is 16.5. The molecule has 0 aliphatic heterocycles. The van der Waals surface area contributed by atoms with Gasteiger partial charge in [-0.1, -0.05) is 58.0 Å². The molecule has 1 rings (SSSR count). The zero-order chi connectivity index (χ0) is 38.4. The molecule has 276 valence electrons. The Morgan fingerprint density at radius 2 is 0.939 bits per heavy atom. The number of hydrogen-bond donors (Lipinski definition) is 5. The van der Waals surface area contributed by atoms with Crippen LogP contribution >= 0.6 is 0 Å². The molecule has 0 aromatic heterocycles. The van der Waals surface area contributed by atoms with E-state index in [1.54, 1.807) is 60.6 Å². The van der Waals surface area contributed by atoms with Crippen LogP contribution in [0, 0.1) is 11.8 Å². The van der Waals surface area contributed by atoms with Gasteiger partial charge >= 0.3 is 12.1 Å². The zero-order valence-corrected chi connectivity index (χ0v) is 32.0. The second-order valence-corrected chi connectivity index (χ2v) is 16.1. The topological polar surface area (TPSA) is 181 Å². The van der Waals surface area contributed by atoms with Crippen molar-refractivity contribution in [1.82, 2.24) is 26.6 Å². The quantitative estimate of drug-likeness (QED) is 0.111. The number of esters is 1. The highest BCUT2D eigenvalue weighted by Crippen LogP contribution is 2.23. The van der Waals surface area contributed by atoms with Gasteiger partial charge in [0.25, 0.3) is 0 Å². The molecule has 0 saturated carbocycles. The van der Waals surface area contributed by atoms with E-state index in [0.29, 0.717) is 0 Å². The van der Waals surface area contributed by atoms with Gasteiger partial charge in [0.1, 0.15) is 39.9 Å². The average molecular weight is 692 g/mol. The standard InChI is InChI=1S/C36H59N5O8/c1-22(2)35(14,27(44)39-34(12,13)29(46)49-31(5,6)7)40-26(43)33(10,11)37-25(42)32(8,9)38-28(45)36(15,23(3)4)41-30(47)48-21-24-19-17-16-18-20-24/h16-20,22-23H,21H2,1-15H3,(H,37,42)(H,38,45)(H,39,44)(H,40,43)(H,41,47)/t35-,36-/m1/s1/i28+1,40+1. The van der Waals surface area contributed by atoms with Crippen molar-refractivity contribution in [2.75, 3.05) is 0 Å². The van der Waals surface area contributed by atoms with Gasteiger partial charge in [-0.2, -0.15) is 0 Å². The largest absolute Gasteiger partial charge is 0.458 e. The molecule has 0 bridgehead atoms. The summed E-state index contributed by atoms with van der Waals surface area (Å²) in [4.78, 5) is 79.9. The number of benzene rings is 1. The summed E-state index contributed by atoms with van der Waals surface area (Å²) in [7, 11) is 0. The first kappa shape index (κ1) is 42.9. The van der Waals surface area contributed by atoms with Gasteiger partial charge in [0, 0.05) is 0 Å². The van der Waals surface area contributed by atoms with Crippen LogP contribution in [0.25, 0.3) is 0 Å². The molecule has 49 heavy (non-hydrogen) atoms. The molecule has 0 aliphatic carbocycles. The number of amides is 5. The monoisotopic (exact) mass is 691 g/mol. The molecule has 2 atom stereocenters. The molecular weight excluding hydrogens is 632 g/mol. The van der Waals surface area contributed by atoms with Crippen molar-refractivity contribution < 1.29 is 38.2 Å². The van der Waals surface area contributed by atoms with Gasteiger partial charge in [-0.3, -0.25) is 19.2 Å². The van der Waals surface area contributed by atoms with Gasteiger partial charge in [-0.25, -0.2) is 9.59 Å². The number of hydrogen-bond acceptors (Lipinski definition) is 8.